The van der Waals surface area contributed by atoms with Crippen LogP contribution in [0.1, 0.15) is 17.2 Å². The Kier molecular flexibility index (Phi) is 6.28. The van der Waals surface area contributed by atoms with Gasteiger partial charge in [0.25, 0.3) is 0 Å². The first-order valence-corrected chi connectivity index (χ1v) is 6.55. The van der Waals surface area contributed by atoms with E-state index < -0.39 is 6.04 Å². The summed E-state index contributed by atoms with van der Waals surface area (Å²) in [6.07, 6.45) is 0. The molecule has 0 fully saturated rings. The lowest BCUT2D eigenvalue weighted by Gasteiger charge is -2.19. The summed E-state index contributed by atoms with van der Waals surface area (Å²) >= 11 is 6.10. The van der Waals surface area contributed by atoms with Gasteiger partial charge in [-0.1, -0.05) is 23.7 Å². The second kappa shape index (κ2) is 7.48. The lowest BCUT2D eigenvalue weighted by molar-refractivity contribution is -0.143. The summed E-state index contributed by atoms with van der Waals surface area (Å²) in [5, 5.41) is 3.84. The highest BCUT2D eigenvalue weighted by Gasteiger charge is 2.21. The molecule has 1 N–H and O–H groups in total. The number of halogens is 1. The zero-order valence-corrected chi connectivity index (χ0v) is 12.6. The minimum atomic E-state index is -0.483. The van der Waals surface area contributed by atoms with E-state index in [9.17, 15) is 4.79 Å². The van der Waals surface area contributed by atoms with Crippen LogP contribution < -0.4 is 5.32 Å². The zero-order valence-electron chi connectivity index (χ0n) is 11.9. The largest absolute Gasteiger partial charge is 0.468 e. The van der Waals surface area contributed by atoms with Crippen LogP contribution in [0.5, 0.6) is 0 Å². The second-order valence-electron chi connectivity index (χ2n) is 4.72. The van der Waals surface area contributed by atoms with Crippen LogP contribution in [-0.2, 0) is 9.53 Å². The second-order valence-corrected chi connectivity index (χ2v) is 5.13. The summed E-state index contributed by atoms with van der Waals surface area (Å²) in [7, 11) is 5.36. The lowest BCUT2D eigenvalue weighted by atomic mass is 10.1. The third-order valence-corrected chi connectivity index (χ3v) is 3.28. The summed E-state index contributed by atoms with van der Waals surface area (Å²) in [5.41, 5.74) is 1.81. The maximum atomic E-state index is 11.8. The van der Waals surface area contributed by atoms with Crippen molar-refractivity contribution in [3.63, 3.8) is 0 Å². The molecule has 0 aliphatic rings. The number of benzene rings is 1. The van der Waals surface area contributed by atoms with Crippen LogP contribution in [0.2, 0.25) is 5.02 Å². The number of rotatable bonds is 6. The van der Waals surface area contributed by atoms with Crippen molar-refractivity contribution in [2.75, 3.05) is 34.3 Å². The van der Waals surface area contributed by atoms with Crippen LogP contribution in [-0.4, -0.2) is 45.2 Å². The summed E-state index contributed by atoms with van der Waals surface area (Å²) < 4.78 is 4.84. The summed E-state index contributed by atoms with van der Waals surface area (Å²) in [4.78, 5) is 13.9. The van der Waals surface area contributed by atoms with Gasteiger partial charge < -0.3 is 9.64 Å². The molecule has 4 nitrogen and oxygen atoms in total. The van der Waals surface area contributed by atoms with Gasteiger partial charge in [0.05, 0.1) is 7.11 Å². The number of ether oxygens (including phenoxy) is 1. The van der Waals surface area contributed by atoms with Gasteiger partial charge in [-0.2, -0.15) is 0 Å². The SMILES string of the molecule is COC(=O)C(NCCN(C)C)c1ccc(C)c(Cl)c1. The molecule has 0 amide bonds. The fraction of sp³-hybridized carbons (Fsp3) is 0.500. The standard InChI is InChI=1S/C14H21ClN2O2/c1-10-5-6-11(9-12(10)15)13(14(18)19-4)16-7-8-17(2)3/h5-6,9,13,16H,7-8H2,1-4H3. The number of methoxy groups -OCH3 is 1. The zero-order chi connectivity index (χ0) is 14.4. The maximum absolute atomic E-state index is 11.8. The Labute approximate surface area is 119 Å². The monoisotopic (exact) mass is 284 g/mol. The van der Waals surface area contributed by atoms with E-state index in [1.807, 2.05) is 38.1 Å². The molecule has 0 saturated heterocycles. The fourth-order valence-electron chi connectivity index (χ4n) is 1.68. The summed E-state index contributed by atoms with van der Waals surface area (Å²) in [6.45, 7) is 3.46. The predicted octanol–water partition coefficient (Wildman–Crippen LogP) is 2.01. The predicted molar refractivity (Wildman–Crippen MR) is 77.5 cm³/mol. The molecular weight excluding hydrogens is 264 g/mol. The Bertz CT molecular complexity index is 435. The molecule has 0 saturated carbocycles. The molecular formula is C14H21ClN2O2. The molecule has 1 unspecified atom stereocenters. The fourth-order valence-corrected chi connectivity index (χ4v) is 1.87. The number of hydrogen-bond acceptors (Lipinski definition) is 4. The Morgan fingerprint density at radius 2 is 2.16 bits per heavy atom. The van der Waals surface area contributed by atoms with Crippen molar-refractivity contribution in [1.29, 1.82) is 0 Å². The van der Waals surface area contributed by atoms with Crippen LogP contribution in [0, 0.1) is 6.92 Å². The number of carbonyl (C=O) groups is 1. The highest BCUT2D eigenvalue weighted by molar-refractivity contribution is 6.31. The average Bonchev–Trinajstić information content (AvgIpc) is 2.37. The van der Waals surface area contributed by atoms with Crippen LogP contribution in [0.15, 0.2) is 18.2 Å². The topological polar surface area (TPSA) is 41.6 Å². The number of esters is 1. The molecule has 0 spiro atoms. The number of carbonyl (C=O) groups excluding carboxylic acids is 1. The molecule has 1 rings (SSSR count). The van der Waals surface area contributed by atoms with E-state index in [-0.39, 0.29) is 5.97 Å². The van der Waals surface area contributed by atoms with Gasteiger partial charge in [0.2, 0.25) is 0 Å². The molecule has 5 heteroatoms. The van der Waals surface area contributed by atoms with Crippen LogP contribution in [0.25, 0.3) is 0 Å². The van der Waals surface area contributed by atoms with E-state index >= 15 is 0 Å². The van der Waals surface area contributed by atoms with Gasteiger partial charge in [0, 0.05) is 18.1 Å². The third kappa shape index (κ3) is 4.82. The van der Waals surface area contributed by atoms with E-state index in [0.717, 1.165) is 17.7 Å². The third-order valence-electron chi connectivity index (χ3n) is 2.87. The smallest absolute Gasteiger partial charge is 0.327 e. The van der Waals surface area contributed by atoms with Crippen LogP contribution >= 0.6 is 11.6 Å². The molecule has 1 atom stereocenters. The quantitative estimate of drug-likeness (QED) is 0.812. The summed E-state index contributed by atoms with van der Waals surface area (Å²) in [6, 6.07) is 5.12. The molecule has 1 aromatic rings. The van der Waals surface area contributed by atoms with E-state index in [0.29, 0.717) is 11.6 Å². The molecule has 0 aliphatic carbocycles. The van der Waals surface area contributed by atoms with Crippen molar-refractivity contribution in [2.45, 2.75) is 13.0 Å². The molecule has 0 heterocycles. The molecule has 19 heavy (non-hydrogen) atoms. The number of likely N-dealkylation sites (N-methyl/N-ethyl adjacent to an activating group) is 1. The molecule has 0 bridgehead atoms. The number of aryl methyl sites for hydroxylation is 1. The van der Waals surface area contributed by atoms with E-state index in [1.54, 1.807) is 6.07 Å². The molecule has 0 aromatic heterocycles. The van der Waals surface area contributed by atoms with Crippen molar-refractivity contribution in [2.24, 2.45) is 0 Å². The molecule has 0 aliphatic heterocycles. The van der Waals surface area contributed by atoms with Crippen molar-refractivity contribution in [3.8, 4) is 0 Å². The van der Waals surface area contributed by atoms with Gasteiger partial charge in [-0.05, 0) is 38.2 Å². The van der Waals surface area contributed by atoms with Crippen LogP contribution in [0.3, 0.4) is 0 Å². The Balaban J connectivity index is 2.83. The minimum Gasteiger partial charge on any atom is -0.468 e. The average molecular weight is 285 g/mol. The Morgan fingerprint density at radius 3 is 2.68 bits per heavy atom. The first-order chi connectivity index (χ1) is 8.95. The molecule has 1 aromatic carbocycles. The van der Waals surface area contributed by atoms with Crippen molar-refractivity contribution in [1.82, 2.24) is 10.2 Å². The first-order valence-electron chi connectivity index (χ1n) is 6.17. The van der Waals surface area contributed by atoms with Crippen molar-refractivity contribution in [3.05, 3.63) is 34.3 Å². The van der Waals surface area contributed by atoms with Gasteiger partial charge in [0.15, 0.2) is 0 Å². The molecule has 0 radical (unpaired) electrons. The highest BCUT2D eigenvalue weighted by atomic mass is 35.5. The Morgan fingerprint density at radius 1 is 1.47 bits per heavy atom. The van der Waals surface area contributed by atoms with E-state index in [2.05, 4.69) is 5.32 Å². The van der Waals surface area contributed by atoms with E-state index in [4.69, 9.17) is 16.3 Å². The number of hydrogen-bond donors (Lipinski definition) is 1. The van der Waals surface area contributed by atoms with E-state index in [1.165, 1.54) is 7.11 Å². The Hall–Kier alpha value is -1.10. The number of nitrogens with one attached hydrogen (secondary N) is 1. The molecule has 106 valence electrons. The van der Waals surface area contributed by atoms with Gasteiger partial charge in [-0.3, -0.25) is 5.32 Å². The lowest BCUT2D eigenvalue weighted by Crippen LogP contribution is -2.34. The van der Waals surface area contributed by atoms with Gasteiger partial charge in [-0.25, -0.2) is 4.79 Å². The van der Waals surface area contributed by atoms with Gasteiger partial charge in [-0.15, -0.1) is 0 Å². The van der Waals surface area contributed by atoms with Crippen molar-refractivity contribution >= 4 is 17.6 Å². The summed E-state index contributed by atoms with van der Waals surface area (Å²) in [5.74, 6) is -0.307. The van der Waals surface area contributed by atoms with Gasteiger partial charge >= 0.3 is 5.97 Å². The normalized spacial score (nSPS) is 12.5. The van der Waals surface area contributed by atoms with Gasteiger partial charge in [0.1, 0.15) is 6.04 Å². The minimum absolute atomic E-state index is 0.307. The van der Waals surface area contributed by atoms with Crippen molar-refractivity contribution < 1.29 is 9.53 Å². The first kappa shape index (κ1) is 16.0. The number of nitrogens with zero attached hydrogens (tertiary/aromatic N) is 1. The maximum Gasteiger partial charge on any atom is 0.327 e. The van der Waals surface area contributed by atoms with Crippen LogP contribution in [0.4, 0.5) is 0 Å². The highest BCUT2D eigenvalue weighted by Crippen LogP contribution is 2.22.